The zero-order valence-corrected chi connectivity index (χ0v) is 42.0. The smallest absolute Gasteiger partial charge is 0.295 e. The lowest BCUT2D eigenvalue weighted by Crippen LogP contribution is -2.21. The van der Waals surface area contributed by atoms with Gasteiger partial charge in [-0.05, 0) is 77.5 Å². The third-order valence-electron chi connectivity index (χ3n) is 12.4. The Morgan fingerprint density at radius 3 is 1.26 bits per heavy atom. The van der Waals surface area contributed by atoms with Crippen molar-refractivity contribution >= 4 is 101 Å². The minimum atomic E-state index is -5.14. The number of ether oxygens (including phenoxy) is 2. The molecular weight excluding hydrogens is 1080 g/mol. The van der Waals surface area contributed by atoms with Crippen molar-refractivity contribution in [3.05, 3.63) is 151 Å². The van der Waals surface area contributed by atoms with Crippen molar-refractivity contribution in [2.75, 3.05) is 0 Å². The molecule has 12 rings (SSSR count). The fourth-order valence-electron chi connectivity index (χ4n) is 8.98. The zero-order valence-electron chi connectivity index (χ0n) is 38.7. The van der Waals surface area contributed by atoms with E-state index in [2.05, 4.69) is 9.97 Å². The van der Waals surface area contributed by atoms with Crippen molar-refractivity contribution in [1.29, 1.82) is 0 Å². The highest BCUT2D eigenvalue weighted by Crippen LogP contribution is 2.38. The topological polar surface area (TPSA) is 345 Å². The Kier molecular flexibility index (Phi) is 11.4. The average Bonchev–Trinajstić information content (AvgIpc) is 4.20. The van der Waals surface area contributed by atoms with Gasteiger partial charge in [-0.1, -0.05) is 84.9 Å². The molecule has 0 saturated heterocycles. The maximum atomic E-state index is 12.6. The van der Waals surface area contributed by atoms with E-state index in [1.807, 2.05) is 72.8 Å². The van der Waals surface area contributed by atoms with E-state index in [-0.39, 0.29) is 50.2 Å². The van der Waals surface area contributed by atoms with Gasteiger partial charge in [0.25, 0.3) is 46.8 Å². The molecule has 0 atom stereocenters. The number of aromatic nitrogens is 8. The molecule has 0 amide bonds. The molecule has 6 N–H and O–H groups in total. The largest absolute Gasteiger partial charge is 0.451 e. The molecule has 2 aliphatic heterocycles. The molecule has 3 aromatic heterocycles. The third kappa shape index (κ3) is 9.29. The van der Waals surface area contributed by atoms with E-state index >= 15 is 0 Å². The highest BCUT2D eigenvalue weighted by atomic mass is 32.2. The number of aromatic amines is 2. The van der Waals surface area contributed by atoms with Gasteiger partial charge in [0.2, 0.25) is 0 Å². The van der Waals surface area contributed by atoms with E-state index in [9.17, 15) is 51.9 Å². The first kappa shape index (κ1) is 49.0. The van der Waals surface area contributed by atoms with E-state index in [0.717, 1.165) is 35.0 Å². The van der Waals surface area contributed by atoms with Crippen LogP contribution in [-0.2, 0) is 40.5 Å². The monoisotopic (exact) mass is 1110 g/mol. The lowest BCUT2D eigenvalue weighted by Gasteiger charge is -2.19. The van der Waals surface area contributed by atoms with Crippen LogP contribution in [0, 0.1) is 0 Å². The van der Waals surface area contributed by atoms with Crippen LogP contribution in [0.1, 0.15) is 5.56 Å². The summed E-state index contributed by atoms with van der Waals surface area (Å²) < 4.78 is 151. The number of benzene rings is 7. The number of nitrogens with one attached hydrogen (secondary N) is 2. The zero-order chi connectivity index (χ0) is 53.8. The molecule has 26 heteroatoms. The van der Waals surface area contributed by atoms with Crippen LogP contribution >= 0.6 is 0 Å². The molecule has 7 aromatic carbocycles. The van der Waals surface area contributed by atoms with E-state index < -0.39 is 66.3 Å². The van der Waals surface area contributed by atoms with Crippen LogP contribution in [0.3, 0.4) is 0 Å². The molecule has 384 valence electrons. The highest BCUT2D eigenvalue weighted by molar-refractivity contribution is 7.87. The summed E-state index contributed by atoms with van der Waals surface area (Å²) in [7, 11) is -20.2. The molecule has 0 radical (unpaired) electrons. The van der Waals surface area contributed by atoms with Crippen molar-refractivity contribution in [2.24, 2.45) is 0 Å². The van der Waals surface area contributed by atoms with E-state index in [4.69, 9.17) is 39.4 Å². The molecule has 10 aromatic rings. The van der Waals surface area contributed by atoms with Crippen LogP contribution in [-0.4, -0.2) is 98.0 Å². The fourth-order valence-corrected chi connectivity index (χ4v) is 11.7. The van der Waals surface area contributed by atoms with E-state index in [0.29, 0.717) is 68.7 Å². The molecule has 0 spiro atoms. The van der Waals surface area contributed by atoms with Gasteiger partial charge in [0, 0.05) is 49.4 Å². The number of rotatable bonds is 10. The SMILES string of the molecule is O=S(=O)(O)c1cc(S(=O)(=O)O)c2cc(OC(/C=C\c3cc4nc5nc(nc6[nH]c(nc7nc(nc3[nH]4)-c3ccccc3-7)c3ccccc63)-c3ccccc3-5)Oc3ccc4cc(S(=O)(=O)O)cc(S(=O)(=O)O)c4c3)ccc2c1. The van der Waals surface area contributed by atoms with Crippen LogP contribution in [0.15, 0.2) is 165 Å². The predicted octanol–water partition coefficient (Wildman–Crippen LogP) is 8.51. The van der Waals surface area contributed by atoms with Crippen molar-refractivity contribution in [1.82, 2.24) is 39.9 Å². The van der Waals surface area contributed by atoms with Gasteiger partial charge < -0.3 is 19.4 Å². The Balaban J connectivity index is 1.05. The van der Waals surface area contributed by atoms with Crippen LogP contribution in [0.4, 0.5) is 0 Å². The average molecular weight is 1110 g/mol. The summed E-state index contributed by atoms with van der Waals surface area (Å²) in [6.45, 7) is 0. The maximum absolute atomic E-state index is 12.6. The molecule has 5 heterocycles. The number of fused-ring (bicyclic) bond motifs is 19. The summed E-state index contributed by atoms with van der Waals surface area (Å²) >= 11 is 0. The Bertz CT molecular complexity index is 4760. The second kappa shape index (κ2) is 17.9. The summed E-state index contributed by atoms with van der Waals surface area (Å²) in [6.07, 6.45) is 1.33. The van der Waals surface area contributed by atoms with Crippen LogP contribution in [0.2, 0.25) is 0 Å². The van der Waals surface area contributed by atoms with Gasteiger partial charge in [0.15, 0.2) is 23.3 Å². The second-order valence-electron chi connectivity index (χ2n) is 17.4. The standard InChI is InChI=1S/C51H32N8O14S4/c60-74(61,62)31-19-26-13-16-29(22-39(26)41(24-31)76(66,67)68)72-44(73-30-17-14-27-20-32(75(63,64)65)25-42(40(27)23-30)77(69,70)71)18-15-28-21-43-52-45(28)54-47-35-9-3-4-10-36(35)49(56-47)58-51-38-12-6-5-11-37(38)50(59-51)57-48-34-8-2-1-7-33(34)46(53-43)55-48/h1-25,44H,(H,60,61,62)(H,63,64,65)(H,66,67,68)(H,69,70,71)(H2,52,53,54,55,56,57,58,59)/b18-15-. The predicted molar refractivity (Wildman–Crippen MR) is 280 cm³/mol. The second-order valence-corrected chi connectivity index (χ2v) is 23.0. The molecule has 22 nitrogen and oxygen atoms in total. The number of H-pyrrole nitrogens is 2. The Hall–Kier alpha value is -8.86. The summed E-state index contributed by atoms with van der Waals surface area (Å²) in [5.74, 6) is 1.04. The summed E-state index contributed by atoms with van der Waals surface area (Å²) in [4.78, 5) is 32.9. The summed E-state index contributed by atoms with van der Waals surface area (Å²) in [6, 6.07) is 34.6. The van der Waals surface area contributed by atoms with Gasteiger partial charge in [0.1, 0.15) is 43.9 Å². The molecule has 2 aliphatic rings. The van der Waals surface area contributed by atoms with Gasteiger partial charge in [-0.3, -0.25) is 18.2 Å². The number of hydrogen-bond donors (Lipinski definition) is 6. The van der Waals surface area contributed by atoms with Gasteiger partial charge in [-0.25, -0.2) is 29.9 Å². The van der Waals surface area contributed by atoms with E-state index in [1.165, 1.54) is 36.4 Å². The molecule has 0 unspecified atom stereocenters. The summed E-state index contributed by atoms with van der Waals surface area (Å²) in [5.41, 5.74) is 4.55. The first-order valence-electron chi connectivity index (χ1n) is 22.5. The Morgan fingerprint density at radius 2 is 0.831 bits per heavy atom. The maximum Gasteiger partial charge on any atom is 0.295 e. The normalized spacial score (nSPS) is 12.9. The Labute approximate surface area is 434 Å². The van der Waals surface area contributed by atoms with Gasteiger partial charge >= 0.3 is 0 Å². The van der Waals surface area contributed by atoms with Crippen LogP contribution in [0.25, 0.3) is 107 Å². The third-order valence-corrected chi connectivity index (χ3v) is 15.9. The Morgan fingerprint density at radius 1 is 0.416 bits per heavy atom. The molecule has 0 saturated carbocycles. The first-order valence-corrected chi connectivity index (χ1v) is 28.3. The molecule has 8 bridgehead atoms. The van der Waals surface area contributed by atoms with Gasteiger partial charge in [0.05, 0.1) is 9.79 Å². The van der Waals surface area contributed by atoms with Crippen molar-refractivity contribution in [2.45, 2.75) is 25.9 Å². The van der Waals surface area contributed by atoms with Gasteiger partial charge in [-0.2, -0.15) is 33.7 Å². The molecule has 0 fully saturated rings. The lowest BCUT2D eigenvalue weighted by atomic mass is 10.1. The number of nitrogens with zero attached hydrogens (tertiary/aromatic N) is 6. The highest BCUT2D eigenvalue weighted by Gasteiger charge is 2.26. The first-order chi connectivity index (χ1) is 36.6. The molecular formula is C51H32N8O14S4. The lowest BCUT2D eigenvalue weighted by molar-refractivity contribution is 0.0481. The van der Waals surface area contributed by atoms with Crippen molar-refractivity contribution < 1.29 is 61.4 Å². The quantitative estimate of drug-likeness (QED) is 0.0552. The van der Waals surface area contributed by atoms with Crippen molar-refractivity contribution in [3.8, 4) is 57.1 Å². The minimum absolute atomic E-state index is 0.0514. The van der Waals surface area contributed by atoms with Crippen LogP contribution in [0.5, 0.6) is 11.5 Å². The molecule has 0 aliphatic carbocycles. The number of hydrogen-bond acceptors (Lipinski definition) is 16. The fraction of sp³-hybridized carbons (Fsp3) is 0.0196. The van der Waals surface area contributed by atoms with Gasteiger partial charge in [-0.15, -0.1) is 0 Å². The minimum Gasteiger partial charge on any atom is -0.451 e. The molecule has 77 heavy (non-hydrogen) atoms. The van der Waals surface area contributed by atoms with E-state index in [1.54, 1.807) is 6.07 Å². The van der Waals surface area contributed by atoms with Crippen LogP contribution < -0.4 is 9.47 Å². The van der Waals surface area contributed by atoms with Crippen molar-refractivity contribution in [3.63, 3.8) is 0 Å². The summed E-state index contributed by atoms with van der Waals surface area (Å²) in [5, 5.41) is 1.01.